The van der Waals surface area contributed by atoms with E-state index < -0.39 is 48.2 Å². The molecule has 0 aromatic heterocycles. The van der Waals surface area contributed by atoms with Crippen molar-refractivity contribution in [2.24, 2.45) is 11.3 Å². The van der Waals surface area contributed by atoms with Crippen molar-refractivity contribution in [1.29, 1.82) is 0 Å². The third-order valence-corrected chi connectivity index (χ3v) is 10.2. The van der Waals surface area contributed by atoms with Gasteiger partial charge in [-0.2, -0.15) is 0 Å². The number of rotatable bonds is 8. The molecule has 1 heterocycles. The van der Waals surface area contributed by atoms with Gasteiger partial charge in [0.05, 0.1) is 6.10 Å². The van der Waals surface area contributed by atoms with Crippen molar-refractivity contribution >= 4 is 29.5 Å². The van der Waals surface area contributed by atoms with Crippen LogP contribution in [0, 0.1) is 11.3 Å². The fourth-order valence-electron chi connectivity index (χ4n) is 7.19. The molecule has 3 aliphatic rings. The highest BCUT2D eigenvalue weighted by Gasteiger charge is 2.49. The van der Waals surface area contributed by atoms with Crippen molar-refractivity contribution in [3.63, 3.8) is 0 Å². The number of ether oxygens (including phenoxy) is 4. The largest absolute Gasteiger partial charge is 0.463 e. The lowest BCUT2D eigenvalue weighted by Crippen LogP contribution is -2.54. The Bertz CT molecular complexity index is 1310. The summed E-state index contributed by atoms with van der Waals surface area (Å²) in [5, 5.41) is 0.618. The molecule has 8 heteroatoms. The summed E-state index contributed by atoms with van der Waals surface area (Å²) in [7, 11) is 0. The van der Waals surface area contributed by atoms with Crippen LogP contribution >= 0.6 is 11.6 Å². The average Bonchev–Trinajstić information content (AvgIpc) is 2.95. The number of carbonyl (C=O) groups excluding carboxylic acids is 3. The maximum absolute atomic E-state index is 12.2. The van der Waals surface area contributed by atoms with Crippen LogP contribution in [-0.2, 0) is 39.8 Å². The maximum atomic E-state index is 12.2. The zero-order chi connectivity index (χ0) is 30.7. The van der Waals surface area contributed by atoms with Gasteiger partial charge in [-0.3, -0.25) is 14.4 Å². The van der Waals surface area contributed by atoms with E-state index in [-0.39, 0.29) is 6.61 Å². The van der Waals surface area contributed by atoms with Crippen LogP contribution in [0.2, 0.25) is 5.02 Å². The first-order chi connectivity index (χ1) is 20.5. The SMILES string of the molecule is CC(=O)OC[C@H]1OC(c2ccc(Cl)c(Cc3ccc(C4CCC5(CCC5)CC4)cc3)c2)[C@H](OC(C)=O)[C@@H](OC(C)=O)[C@@H]1C. The number of hydrogen-bond donors (Lipinski definition) is 0. The van der Waals surface area contributed by atoms with Crippen molar-refractivity contribution in [2.75, 3.05) is 6.61 Å². The molecule has 5 rings (SSSR count). The first-order valence-corrected chi connectivity index (χ1v) is 15.9. The van der Waals surface area contributed by atoms with E-state index in [1.807, 2.05) is 25.1 Å². The van der Waals surface area contributed by atoms with E-state index in [1.54, 1.807) is 0 Å². The predicted molar refractivity (Wildman–Crippen MR) is 163 cm³/mol. The Morgan fingerprint density at radius 1 is 0.860 bits per heavy atom. The molecule has 0 N–H and O–H groups in total. The summed E-state index contributed by atoms with van der Waals surface area (Å²) in [6, 6.07) is 14.5. The van der Waals surface area contributed by atoms with Crippen LogP contribution in [0.15, 0.2) is 42.5 Å². The van der Waals surface area contributed by atoms with Crippen LogP contribution in [0.4, 0.5) is 0 Å². The summed E-state index contributed by atoms with van der Waals surface area (Å²) in [4.78, 5) is 35.8. The zero-order valence-electron chi connectivity index (χ0n) is 25.6. The van der Waals surface area contributed by atoms with E-state index in [2.05, 4.69) is 24.3 Å². The molecule has 0 bridgehead atoms. The number of halogens is 1. The minimum absolute atomic E-state index is 0.0215. The average molecular weight is 611 g/mol. The van der Waals surface area contributed by atoms with E-state index in [4.69, 9.17) is 30.5 Å². The lowest BCUT2D eigenvalue weighted by molar-refractivity contribution is -0.232. The molecule has 2 aromatic carbocycles. The van der Waals surface area contributed by atoms with Gasteiger partial charge in [-0.15, -0.1) is 0 Å². The first kappa shape index (κ1) is 31.5. The highest BCUT2D eigenvalue weighted by molar-refractivity contribution is 6.31. The standard InChI is InChI=1S/C35H43ClO7/c1-21-31(20-40-22(2)37)43-33(34(42-24(4)39)32(21)41-23(3)38)28-10-11-30(36)29(19-28)18-25-6-8-26(9-7-25)27-12-16-35(17-13-27)14-5-15-35/h6-11,19,21,27,31-34H,5,12-18,20H2,1-4H3/t21-,31-,32+,33?,34-/m1/s1. The lowest BCUT2D eigenvalue weighted by Gasteiger charge is -2.47. The minimum Gasteiger partial charge on any atom is -0.463 e. The van der Waals surface area contributed by atoms with Crippen molar-refractivity contribution in [3.05, 3.63) is 69.7 Å². The molecule has 0 radical (unpaired) electrons. The first-order valence-electron chi connectivity index (χ1n) is 15.5. The topological polar surface area (TPSA) is 88.1 Å². The number of hydrogen-bond acceptors (Lipinski definition) is 7. The molecule has 3 fully saturated rings. The van der Waals surface area contributed by atoms with Crippen LogP contribution in [0.3, 0.4) is 0 Å². The van der Waals surface area contributed by atoms with Crippen molar-refractivity contribution in [1.82, 2.24) is 0 Å². The lowest BCUT2D eigenvalue weighted by atomic mass is 9.58. The Morgan fingerprint density at radius 3 is 2.07 bits per heavy atom. The fraction of sp³-hybridized carbons (Fsp3) is 0.571. The Morgan fingerprint density at radius 2 is 1.49 bits per heavy atom. The summed E-state index contributed by atoms with van der Waals surface area (Å²) < 4.78 is 23.1. The van der Waals surface area contributed by atoms with Crippen molar-refractivity contribution in [3.8, 4) is 0 Å². The maximum Gasteiger partial charge on any atom is 0.303 e. The van der Waals surface area contributed by atoms with Gasteiger partial charge in [-0.25, -0.2) is 0 Å². The van der Waals surface area contributed by atoms with Gasteiger partial charge in [-0.1, -0.05) is 61.3 Å². The highest BCUT2D eigenvalue weighted by atomic mass is 35.5. The minimum atomic E-state index is -0.896. The van der Waals surface area contributed by atoms with E-state index >= 15 is 0 Å². The molecule has 2 aliphatic carbocycles. The molecular formula is C35H43ClO7. The van der Waals surface area contributed by atoms with Crippen LogP contribution in [0.5, 0.6) is 0 Å². The summed E-state index contributed by atoms with van der Waals surface area (Å²) >= 11 is 6.69. The number of esters is 3. The van der Waals surface area contributed by atoms with Crippen LogP contribution in [0.25, 0.3) is 0 Å². The van der Waals surface area contributed by atoms with Gasteiger partial charge in [0.1, 0.15) is 18.8 Å². The second-order valence-electron chi connectivity index (χ2n) is 12.8. The molecule has 2 aromatic rings. The third kappa shape index (κ3) is 7.43. The highest BCUT2D eigenvalue weighted by Crippen LogP contribution is 2.54. The number of carbonyl (C=O) groups is 3. The van der Waals surface area contributed by atoms with E-state index in [0.29, 0.717) is 22.8 Å². The molecule has 7 nitrogen and oxygen atoms in total. The molecule has 232 valence electrons. The van der Waals surface area contributed by atoms with Gasteiger partial charge in [0.15, 0.2) is 6.10 Å². The van der Waals surface area contributed by atoms with Crippen LogP contribution in [0.1, 0.15) is 107 Å². The van der Waals surface area contributed by atoms with Gasteiger partial charge < -0.3 is 18.9 Å². The van der Waals surface area contributed by atoms with Crippen molar-refractivity contribution in [2.45, 2.75) is 109 Å². The summed E-state index contributed by atoms with van der Waals surface area (Å²) in [6.45, 7) is 5.76. The normalized spacial score (nSPS) is 26.8. The predicted octanol–water partition coefficient (Wildman–Crippen LogP) is 7.26. The summed E-state index contributed by atoms with van der Waals surface area (Å²) in [5.41, 5.74) is 4.86. The van der Waals surface area contributed by atoms with Crippen LogP contribution in [-0.4, -0.2) is 42.8 Å². The molecule has 1 spiro atoms. The van der Waals surface area contributed by atoms with Gasteiger partial charge in [-0.05, 0) is 84.6 Å². The molecule has 5 atom stereocenters. The second-order valence-corrected chi connectivity index (χ2v) is 13.2. The molecule has 1 unspecified atom stereocenters. The summed E-state index contributed by atoms with van der Waals surface area (Å²) in [5.74, 6) is -1.23. The molecule has 0 amide bonds. The molecule has 1 saturated heterocycles. The molecule has 1 aliphatic heterocycles. The van der Waals surface area contributed by atoms with Gasteiger partial charge in [0.2, 0.25) is 0 Å². The Hall–Kier alpha value is -2.90. The van der Waals surface area contributed by atoms with E-state index in [0.717, 1.165) is 16.7 Å². The zero-order valence-corrected chi connectivity index (χ0v) is 26.4. The number of benzene rings is 2. The van der Waals surface area contributed by atoms with E-state index in [1.165, 1.54) is 71.3 Å². The van der Waals surface area contributed by atoms with E-state index in [9.17, 15) is 14.4 Å². The Balaban J connectivity index is 1.36. The molecule has 43 heavy (non-hydrogen) atoms. The van der Waals surface area contributed by atoms with Crippen LogP contribution < -0.4 is 0 Å². The third-order valence-electron chi connectivity index (χ3n) is 9.81. The fourth-order valence-corrected chi connectivity index (χ4v) is 7.38. The van der Waals surface area contributed by atoms with Gasteiger partial charge in [0.25, 0.3) is 0 Å². The quantitative estimate of drug-likeness (QED) is 0.229. The van der Waals surface area contributed by atoms with Crippen molar-refractivity contribution < 1.29 is 33.3 Å². The second kappa shape index (κ2) is 13.4. The Kier molecular flexibility index (Phi) is 9.82. The monoisotopic (exact) mass is 610 g/mol. The Labute approximate surface area is 259 Å². The molecular weight excluding hydrogens is 568 g/mol. The smallest absolute Gasteiger partial charge is 0.303 e. The van der Waals surface area contributed by atoms with Gasteiger partial charge in [0, 0.05) is 31.7 Å². The molecule has 2 saturated carbocycles. The van der Waals surface area contributed by atoms with Gasteiger partial charge >= 0.3 is 17.9 Å². The summed E-state index contributed by atoms with van der Waals surface area (Å²) in [6.07, 6.45) is 7.09.